The summed E-state index contributed by atoms with van der Waals surface area (Å²) in [7, 11) is -2.72. The van der Waals surface area contributed by atoms with Crippen LogP contribution in [0.4, 0.5) is 0 Å². The van der Waals surface area contributed by atoms with Crippen molar-refractivity contribution in [2.45, 2.75) is 57.3 Å². The van der Waals surface area contributed by atoms with Gasteiger partial charge in [0.25, 0.3) is 8.32 Å². The Morgan fingerprint density at radius 1 is 0.781 bits per heavy atom. The Balaban J connectivity index is 2.04. The monoisotopic (exact) mass is 448 g/mol. The van der Waals surface area contributed by atoms with Crippen LogP contribution in [0.5, 0.6) is 0 Å². The van der Waals surface area contributed by atoms with Gasteiger partial charge in [0.2, 0.25) is 0 Å². The van der Waals surface area contributed by atoms with Crippen molar-refractivity contribution < 1.29 is 14.6 Å². The van der Waals surface area contributed by atoms with E-state index in [1.165, 1.54) is 15.9 Å². The van der Waals surface area contributed by atoms with Crippen LogP contribution in [-0.2, 0) is 10.8 Å². The molecule has 0 aliphatic rings. The van der Waals surface area contributed by atoms with Gasteiger partial charge in [0.05, 0.1) is 12.7 Å². The topological polar surface area (TPSA) is 49.7 Å². The van der Waals surface area contributed by atoms with E-state index in [1.807, 2.05) is 18.2 Å². The van der Waals surface area contributed by atoms with Crippen LogP contribution in [0.25, 0.3) is 0 Å². The number of hydrogen-bond acceptors (Lipinski definition) is 3. The zero-order chi connectivity index (χ0) is 23.0. The van der Waals surface area contributed by atoms with E-state index < -0.39 is 14.4 Å². The molecular formula is C28H36O3Si. The molecule has 0 radical (unpaired) electrons. The fourth-order valence-electron chi connectivity index (χ4n) is 4.52. The van der Waals surface area contributed by atoms with Gasteiger partial charge in [-0.25, -0.2) is 0 Å². The number of rotatable bonds is 10. The molecule has 4 heteroatoms. The molecule has 0 spiro atoms. The average Bonchev–Trinajstić information content (AvgIpc) is 2.81. The van der Waals surface area contributed by atoms with E-state index in [4.69, 9.17) is 4.43 Å². The molecule has 2 atom stereocenters. The van der Waals surface area contributed by atoms with Gasteiger partial charge in [-0.3, -0.25) is 0 Å². The molecule has 2 N–H and O–H groups in total. The summed E-state index contributed by atoms with van der Waals surface area (Å²) in [5.74, 6) is 0. The summed E-state index contributed by atoms with van der Waals surface area (Å²) in [5.41, 5.74) is 1.25. The first-order valence-electron chi connectivity index (χ1n) is 11.5. The van der Waals surface area contributed by atoms with Crippen molar-refractivity contribution in [3.63, 3.8) is 0 Å². The van der Waals surface area contributed by atoms with Gasteiger partial charge in [0.15, 0.2) is 0 Å². The molecule has 3 aromatic carbocycles. The summed E-state index contributed by atoms with van der Waals surface area (Å²) in [6.45, 7) is 6.52. The second-order valence-corrected chi connectivity index (χ2v) is 13.8. The van der Waals surface area contributed by atoms with E-state index in [1.54, 1.807) is 0 Å². The van der Waals surface area contributed by atoms with Crippen molar-refractivity contribution in [3.8, 4) is 0 Å². The van der Waals surface area contributed by atoms with Crippen LogP contribution in [0.15, 0.2) is 91.0 Å². The Bertz CT molecular complexity index is 884. The van der Waals surface area contributed by atoms with Crippen LogP contribution in [0.2, 0.25) is 5.04 Å². The van der Waals surface area contributed by atoms with Crippen molar-refractivity contribution in [1.82, 2.24) is 0 Å². The molecule has 0 amide bonds. The maximum absolute atomic E-state index is 10.4. The fraction of sp³-hybridized carbons (Fsp3) is 0.357. The highest BCUT2D eigenvalue weighted by molar-refractivity contribution is 6.99. The Hall–Kier alpha value is -2.24. The molecule has 0 heterocycles. The van der Waals surface area contributed by atoms with Gasteiger partial charge in [-0.15, -0.1) is 0 Å². The summed E-state index contributed by atoms with van der Waals surface area (Å²) in [6, 6.07) is 31.5. The van der Waals surface area contributed by atoms with Crippen molar-refractivity contribution in [3.05, 3.63) is 96.6 Å². The Kier molecular flexibility index (Phi) is 8.43. The first-order chi connectivity index (χ1) is 15.4. The number of aryl methyl sites for hydroxylation is 1. The lowest BCUT2D eigenvalue weighted by molar-refractivity contribution is 0.0444. The standard InChI is InChI=1S/C28H36O3Si/c1-28(2,3)32(26-15-9-5-10-16-26,27-17-11-6-12-18-27)31-25(21-24(30)22-29)20-19-23-13-7-4-8-14-23/h4-18,24-25,29-30H,19-22H2,1-3H3/t24-,25-/m0/s1. The van der Waals surface area contributed by atoms with Gasteiger partial charge in [-0.2, -0.15) is 0 Å². The van der Waals surface area contributed by atoms with Crippen LogP contribution in [0.1, 0.15) is 39.2 Å². The molecule has 3 aromatic rings. The molecule has 3 rings (SSSR count). The number of benzene rings is 3. The third kappa shape index (κ3) is 5.76. The van der Waals surface area contributed by atoms with Crippen LogP contribution >= 0.6 is 0 Å². The first kappa shape index (κ1) is 24.4. The van der Waals surface area contributed by atoms with E-state index >= 15 is 0 Å². The van der Waals surface area contributed by atoms with Crippen molar-refractivity contribution in [1.29, 1.82) is 0 Å². The fourth-order valence-corrected chi connectivity index (χ4v) is 9.25. The van der Waals surface area contributed by atoms with Crippen molar-refractivity contribution >= 4 is 18.7 Å². The van der Waals surface area contributed by atoms with E-state index in [0.29, 0.717) is 6.42 Å². The van der Waals surface area contributed by atoms with Crippen molar-refractivity contribution in [2.24, 2.45) is 0 Å². The summed E-state index contributed by atoms with van der Waals surface area (Å²) < 4.78 is 7.24. The minimum absolute atomic E-state index is 0.134. The van der Waals surface area contributed by atoms with E-state index in [2.05, 4.69) is 93.6 Å². The molecule has 0 saturated carbocycles. The molecule has 3 nitrogen and oxygen atoms in total. The lowest BCUT2D eigenvalue weighted by Crippen LogP contribution is -2.67. The smallest absolute Gasteiger partial charge is 0.261 e. The second-order valence-electron chi connectivity index (χ2n) is 9.50. The predicted molar refractivity (Wildman–Crippen MR) is 135 cm³/mol. The zero-order valence-corrected chi connectivity index (χ0v) is 20.4. The summed E-state index contributed by atoms with van der Waals surface area (Å²) in [6.07, 6.45) is 1.08. The maximum Gasteiger partial charge on any atom is 0.261 e. The van der Waals surface area contributed by atoms with Crippen LogP contribution < -0.4 is 10.4 Å². The number of aliphatic hydroxyl groups is 2. The van der Waals surface area contributed by atoms with Crippen LogP contribution in [0.3, 0.4) is 0 Å². The van der Waals surface area contributed by atoms with Gasteiger partial charge < -0.3 is 14.6 Å². The van der Waals surface area contributed by atoms with Gasteiger partial charge in [-0.05, 0) is 33.8 Å². The third-order valence-corrected chi connectivity index (χ3v) is 11.2. The Morgan fingerprint density at radius 2 is 1.25 bits per heavy atom. The lowest BCUT2D eigenvalue weighted by atomic mass is 10.0. The molecule has 0 unspecified atom stereocenters. The summed E-state index contributed by atoms with van der Waals surface area (Å²) in [4.78, 5) is 0. The van der Waals surface area contributed by atoms with Gasteiger partial charge in [-0.1, -0.05) is 112 Å². The minimum Gasteiger partial charge on any atom is -0.404 e. The molecule has 0 saturated heterocycles. The van der Waals surface area contributed by atoms with E-state index in [0.717, 1.165) is 12.8 Å². The van der Waals surface area contributed by atoms with E-state index in [9.17, 15) is 10.2 Å². The number of aliphatic hydroxyl groups excluding tert-OH is 2. The third-order valence-electron chi connectivity index (χ3n) is 6.10. The average molecular weight is 449 g/mol. The Morgan fingerprint density at radius 3 is 1.69 bits per heavy atom. The van der Waals surface area contributed by atoms with Gasteiger partial charge in [0, 0.05) is 12.5 Å². The Labute approximate surface area is 193 Å². The van der Waals surface area contributed by atoms with Crippen molar-refractivity contribution in [2.75, 3.05) is 6.61 Å². The molecule has 0 aliphatic heterocycles. The lowest BCUT2D eigenvalue weighted by Gasteiger charge is -2.45. The first-order valence-corrected chi connectivity index (χ1v) is 13.4. The molecule has 0 bridgehead atoms. The summed E-state index contributed by atoms with van der Waals surface area (Å²) >= 11 is 0. The summed E-state index contributed by atoms with van der Waals surface area (Å²) in [5, 5.41) is 22.2. The van der Waals surface area contributed by atoms with E-state index in [-0.39, 0.29) is 17.7 Å². The maximum atomic E-state index is 10.4. The highest BCUT2D eigenvalue weighted by Crippen LogP contribution is 2.38. The molecule has 170 valence electrons. The largest absolute Gasteiger partial charge is 0.404 e. The minimum atomic E-state index is -2.72. The van der Waals surface area contributed by atoms with Crippen LogP contribution in [-0.4, -0.2) is 37.3 Å². The molecule has 0 aliphatic carbocycles. The highest BCUT2D eigenvalue weighted by Gasteiger charge is 2.51. The molecule has 0 fully saturated rings. The SMILES string of the molecule is CC(C)(C)[Si](O[C@@H](CCc1ccccc1)C[C@H](O)CO)(c1ccccc1)c1ccccc1. The second kappa shape index (κ2) is 11.1. The van der Waals surface area contributed by atoms with Gasteiger partial charge >= 0.3 is 0 Å². The highest BCUT2D eigenvalue weighted by atomic mass is 28.4. The number of hydrogen-bond donors (Lipinski definition) is 2. The van der Waals surface area contributed by atoms with Gasteiger partial charge in [0.1, 0.15) is 0 Å². The quantitative estimate of drug-likeness (QED) is 0.455. The normalized spacial score (nSPS) is 14.2. The molecule has 0 aromatic heterocycles. The zero-order valence-electron chi connectivity index (χ0n) is 19.4. The predicted octanol–water partition coefficient (Wildman–Crippen LogP) is 4.31. The molecular weight excluding hydrogens is 412 g/mol. The van der Waals surface area contributed by atoms with Crippen LogP contribution in [0, 0.1) is 0 Å². The molecule has 32 heavy (non-hydrogen) atoms.